The highest BCUT2D eigenvalue weighted by atomic mass is 16.5. The summed E-state index contributed by atoms with van der Waals surface area (Å²) in [5.74, 6) is 1.52. The predicted octanol–water partition coefficient (Wildman–Crippen LogP) is 5.52. The van der Waals surface area contributed by atoms with Crippen LogP contribution in [-0.2, 0) is 14.9 Å². The maximum absolute atomic E-state index is 13.1. The van der Waals surface area contributed by atoms with Gasteiger partial charge in [0.25, 0.3) is 0 Å². The molecule has 1 unspecified atom stereocenters. The molecule has 2 rings (SSSR count). The zero-order chi connectivity index (χ0) is 17.7. The first kappa shape index (κ1) is 18.8. The molecule has 0 spiro atoms. The van der Waals surface area contributed by atoms with Gasteiger partial charge in [-0.25, -0.2) is 0 Å². The van der Waals surface area contributed by atoms with E-state index in [2.05, 4.69) is 27.4 Å². The van der Waals surface area contributed by atoms with Gasteiger partial charge in [-0.2, -0.15) is 0 Å². The molecule has 0 aromatic heterocycles. The smallest absolute Gasteiger partial charge is 0.316 e. The van der Waals surface area contributed by atoms with Gasteiger partial charge in [0.15, 0.2) is 0 Å². The van der Waals surface area contributed by atoms with Gasteiger partial charge in [-0.3, -0.25) is 4.79 Å². The summed E-state index contributed by atoms with van der Waals surface area (Å²) >= 11 is 0. The molecular formula is C22H32O2. The molecule has 4 atom stereocenters. The van der Waals surface area contributed by atoms with Gasteiger partial charge < -0.3 is 4.74 Å². The van der Waals surface area contributed by atoms with Crippen LogP contribution in [0, 0.1) is 17.8 Å². The van der Waals surface area contributed by atoms with E-state index in [-0.39, 0.29) is 12.1 Å². The molecule has 0 bridgehead atoms. The second-order valence-corrected chi connectivity index (χ2v) is 7.96. The highest BCUT2D eigenvalue weighted by Crippen LogP contribution is 2.38. The van der Waals surface area contributed by atoms with Gasteiger partial charge in [0, 0.05) is 0 Å². The van der Waals surface area contributed by atoms with Crippen LogP contribution in [0.3, 0.4) is 0 Å². The van der Waals surface area contributed by atoms with Crippen molar-refractivity contribution >= 4 is 5.97 Å². The molecule has 1 aromatic rings. The maximum Gasteiger partial charge on any atom is 0.316 e. The summed E-state index contributed by atoms with van der Waals surface area (Å²) in [6.07, 6.45) is 5.81. The lowest BCUT2D eigenvalue weighted by atomic mass is 9.75. The number of hydrogen-bond donors (Lipinski definition) is 0. The van der Waals surface area contributed by atoms with Gasteiger partial charge in [0.1, 0.15) is 6.10 Å². The quantitative estimate of drug-likeness (QED) is 0.507. The Morgan fingerprint density at radius 3 is 2.58 bits per heavy atom. The third-order valence-corrected chi connectivity index (χ3v) is 5.63. The summed E-state index contributed by atoms with van der Waals surface area (Å²) < 4.78 is 6.12. The summed E-state index contributed by atoms with van der Waals surface area (Å²) in [6.45, 7) is 12.6. The molecule has 0 heterocycles. The number of benzene rings is 1. The lowest BCUT2D eigenvalue weighted by Gasteiger charge is -2.39. The SMILES string of the molecule is C=CCC(C)(C(=O)O[C@@H]1C[C@H](C)CC[C@H]1C(C)C)c1ccccc1. The zero-order valence-corrected chi connectivity index (χ0v) is 15.6. The molecule has 1 fully saturated rings. The van der Waals surface area contributed by atoms with E-state index in [1.165, 1.54) is 6.42 Å². The van der Waals surface area contributed by atoms with Crippen molar-refractivity contribution in [3.05, 3.63) is 48.6 Å². The fraction of sp³-hybridized carbons (Fsp3) is 0.591. The second kappa shape index (κ2) is 8.00. The molecule has 0 aliphatic heterocycles. The van der Waals surface area contributed by atoms with Crippen molar-refractivity contribution in [2.24, 2.45) is 17.8 Å². The topological polar surface area (TPSA) is 26.3 Å². The molecule has 0 N–H and O–H groups in total. The molecule has 24 heavy (non-hydrogen) atoms. The molecule has 1 aliphatic rings. The molecule has 132 valence electrons. The van der Waals surface area contributed by atoms with E-state index < -0.39 is 5.41 Å². The maximum atomic E-state index is 13.1. The molecule has 2 heteroatoms. The summed E-state index contributed by atoms with van der Waals surface area (Å²) in [5, 5.41) is 0. The number of ether oxygens (including phenoxy) is 1. The first-order valence-electron chi connectivity index (χ1n) is 9.26. The first-order valence-corrected chi connectivity index (χ1v) is 9.26. The van der Waals surface area contributed by atoms with Crippen molar-refractivity contribution < 1.29 is 9.53 Å². The van der Waals surface area contributed by atoms with Crippen LogP contribution in [0.1, 0.15) is 58.9 Å². The van der Waals surface area contributed by atoms with Crippen LogP contribution < -0.4 is 0 Å². The summed E-state index contributed by atoms with van der Waals surface area (Å²) in [6, 6.07) is 9.94. The van der Waals surface area contributed by atoms with Crippen molar-refractivity contribution in [2.45, 2.75) is 64.9 Å². The number of carbonyl (C=O) groups is 1. The van der Waals surface area contributed by atoms with E-state index in [1.807, 2.05) is 43.3 Å². The lowest BCUT2D eigenvalue weighted by Crippen LogP contribution is -2.42. The Kier molecular flexibility index (Phi) is 6.26. The van der Waals surface area contributed by atoms with Crippen LogP contribution in [-0.4, -0.2) is 12.1 Å². The lowest BCUT2D eigenvalue weighted by molar-refractivity contribution is -0.162. The minimum Gasteiger partial charge on any atom is -0.461 e. The fourth-order valence-corrected chi connectivity index (χ4v) is 3.93. The van der Waals surface area contributed by atoms with Crippen molar-refractivity contribution in [3.63, 3.8) is 0 Å². The van der Waals surface area contributed by atoms with Crippen LogP contribution in [0.2, 0.25) is 0 Å². The molecule has 2 nitrogen and oxygen atoms in total. The molecule has 1 aliphatic carbocycles. The Morgan fingerprint density at radius 2 is 2.00 bits per heavy atom. The largest absolute Gasteiger partial charge is 0.461 e. The van der Waals surface area contributed by atoms with E-state index in [0.29, 0.717) is 24.2 Å². The Morgan fingerprint density at radius 1 is 1.33 bits per heavy atom. The van der Waals surface area contributed by atoms with Crippen LogP contribution >= 0.6 is 0 Å². The predicted molar refractivity (Wildman–Crippen MR) is 99.8 cm³/mol. The minimum atomic E-state index is -0.661. The van der Waals surface area contributed by atoms with E-state index in [9.17, 15) is 4.79 Å². The Balaban J connectivity index is 2.22. The van der Waals surface area contributed by atoms with Crippen molar-refractivity contribution in [3.8, 4) is 0 Å². The summed E-state index contributed by atoms with van der Waals surface area (Å²) in [4.78, 5) is 13.1. The second-order valence-electron chi connectivity index (χ2n) is 7.96. The first-order chi connectivity index (χ1) is 11.4. The van der Waals surface area contributed by atoms with Gasteiger partial charge in [-0.1, -0.05) is 63.6 Å². The number of hydrogen-bond acceptors (Lipinski definition) is 2. The molecular weight excluding hydrogens is 296 g/mol. The zero-order valence-electron chi connectivity index (χ0n) is 15.6. The van der Waals surface area contributed by atoms with Gasteiger partial charge in [0.05, 0.1) is 5.41 Å². The van der Waals surface area contributed by atoms with Crippen LogP contribution in [0.25, 0.3) is 0 Å². The van der Waals surface area contributed by atoms with E-state index in [0.717, 1.165) is 18.4 Å². The van der Waals surface area contributed by atoms with Gasteiger partial charge in [-0.15, -0.1) is 6.58 Å². The fourth-order valence-electron chi connectivity index (χ4n) is 3.93. The highest BCUT2D eigenvalue weighted by molar-refractivity contribution is 5.83. The standard InChI is InChI=1S/C22H32O2/c1-6-14-22(5,18-10-8-7-9-11-18)21(23)24-20-15-17(4)12-13-19(20)16(2)3/h6-11,16-17,19-20H,1,12-15H2,2-5H3/t17-,19+,20-,22?/m1/s1. The number of rotatable bonds is 6. The third-order valence-electron chi connectivity index (χ3n) is 5.63. The van der Waals surface area contributed by atoms with E-state index in [1.54, 1.807) is 0 Å². The Labute approximate surface area is 147 Å². The molecule has 1 saturated carbocycles. The van der Waals surface area contributed by atoms with Gasteiger partial charge >= 0.3 is 5.97 Å². The van der Waals surface area contributed by atoms with Crippen LogP contribution in [0.5, 0.6) is 0 Å². The average molecular weight is 328 g/mol. The highest BCUT2D eigenvalue weighted by Gasteiger charge is 2.40. The molecule has 0 amide bonds. The number of carbonyl (C=O) groups excluding carboxylic acids is 1. The third kappa shape index (κ3) is 4.09. The van der Waals surface area contributed by atoms with E-state index in [4.69, 9.17) is 4.74 Å². The van der Waals surface area contributed by atoms with Crippen LogP contribution in [0.4, 0.5) is 0 Å². The normalized spacial score (nSPS) is 26.6. The Bertz CT molecular complexity index is 548. The van der Waals surface area contributed by atoms with Gasteiger partial charge in [-0.05, 0) is 49.5 Å². The van der Waals surface area contributed by atoms with E-state index >= 15 is 0 Å². The molecule has 0 radical (unpaired) electrons. The van der Waals surface area contributed by atoms with Crippen molar-refractivity contribution in [1.29, 1.82) is 0 Å². The van der Waals surface area contributed by atoms with Crippen molar-refractivity contribution in [1.82, 2.24) is 0 Å². The molecule has 0 saturated heterocycles. The summed E-state index contributed by atoms with van der Waals surface area (Å²) in [5.41, 5.74) is 0.338. The number of esters is 1. The molecule has 1 aromatic carbocycles. The monoisotopic (exact) mass is 328 g/mol. The average Bonchev–Trinajstić information content (AvgIpc) is 2.55. The van der Waals surface area contributed by atoms with Crippen LogP contribution in [0.15, 0.2) is 43.0 Å². The minimum absolute atomic E-state index is 0.0362. The Hall–Kier alpha value is -1.57. The summed E-state index contributed by atoms with van der Waals surface area (Å²) in [7, 11) is 0. The van der Waals surface area contributed by atoms with Gasteiger partial charge in [0.2, 0.25) is 0 Å². The number of allylic oxidation sites excluding steroid dienone is 1. The van der Waals surface area contributed by atoms with Crippen molar-refractivity contribution in [2.75, 3.05) is 0 Å².